The van der Waals surface area contributed by atoms with E-state index in [-0.39, 0.29) is 11.6 Å². The van der Waals surface area contributed by atoms with Crippen LogP contribution in [-0.4, -0.2) is 11.7 Å². The van der Waals surface area contributed by atoms with Crippen LogP contribution in [0.5, 0.6) is 0 Å². The fraction of sp³-hybridized carbons (Fsp3) is 0.400. The molecule has 0 heterocycles. The lowest BCUT2D eigenvalue weighted by Gasteiger charge is -2.09. The molecule has 5 heteroatoms. The maximum atomic E-state index is 12.3. The molecule has 1 N–H and O–H groups in total. The molecule has 84 valence electrons. The first kappa shape index (κ1) is 12.3. The predicted molar refractivity (Wildman–Crippen MR) is 51.9 cm³/mol. The van der Waals surface area contributed by atoms with E-state index >= 15 is 0 Å². The van der Waals surface area contributed by atoms with E-state index in [2.05, 4.69) is 0 Å². The normalized spacial score (nSPS) is 11.8. The maximum absolute atomic E-state index is 12.3. The molecule has 0 aliphatic carbocycles. The highest BCUT2D eigenvalue weighted by molar-refractivity contribution is 6.31. The molecule has 0 spiro atoms. The standard InChI is InChI=1S/C10H10ClF3O/c11-9-6-8(10(12,13)14)4-3-7(9)2-1-5-15/h3-4,6,15H,1-2,5H2. The summed E-state index contributed by atoms with van der Waals surface area (Å²) in [6, 6.07) is 3.26. The van der Waals surface area contributed by atoms with E-state index in [4.69, 9.17) is 16.7 Å². The predicted octanol–water partition coefficient (Wildman–Crippen LogP) is 3.28. The number of halogens is 4. The summed E-state index contributed by atoms with van der Waals surface area (Å²) >= 11 is 5.69. The van der Waals surface area contributed by atoms with Gasteiger partial charge in [0, 0.05) is 11.6 Å². The minimum absolute atomic E-state index is 0.00263. The quantitative estimate of drug-likeness (QED) is 0.857. The molecule has 0 saturated carbocycles. The smallest absolute Gasteiger partial charge is 0.396 e. The van der Waals surface area contributed by atoms with Gasteiger partial charge in [-0.1, -0.05) is 17.7 Å². The zero-order valence-corrected chi connectivity index (χ0v) is 8.57. The van der Waals surface area contributed by atoms with E-state index in [9.17, 15) is 13.2 Å². The molecule has 1 rings (SSSR count). The first-order valence-electron chi connectivity index (χ1n) is 4.41. The van der Waals surface area contributed by atoms with Crippen molar-refractivity contribution < 1.29 is 18.3 Å². The summed E-state index contributed by atoms with van der Waals surface area (Å²) in [5, 5.41) is 8.67. The van der Waals surface area contributed by atoms with E-state index in [0.29, 0.717) is 18.4 Å². The summed E-state index contributed by atoms with van der Waals surface area (Å²) in [4.78, 5) is 0. The lowest BCUT2D eigenvalue weighted by molar-refractivity contribution is -0.137. The Balaban J connectivity index is 2.88. The van der Waals surface area contributed by atoms with Gasteiger partial charge in [0.05, 0.1) is 5.56 Å². The molecule has 0 fully saturated rings. The van der Waals surface area contributed by atoms with Gasteiger partial charge in [0.25, 0.3) is 0 Å². The Hall–Kier alpha value is -0.740. The highest BCUT2D eigenvalue weighted by Crippen LogP contribution is 2.32. The number of aliphatic hydroxyl groups is 1. The molecule has 0 bridgehead atoms. The average Bonchev–Trinajstić information content (AvgIpc) is 2.14. The maximum Gasteiger partial charge on any atom is 0.416 e. The number of alkyl halides is 3. The van der Waals surface area contributed by atoms with Crippen molar-refractivity contribution in [1.29, 1.82) is 0 Å². The minimum atomic E-state index is -4.36. The lowest BCUT2D eigenvalue weighted by atomic mass is 10.1. The van der Waals surface area contributed by atoms with Crippen LogP contribution < -0.4 is 0 Å². The van der Waals surface area contributed by atoms with E-state index in [0.717, 1.165) is 12.1 Å². The number of benzene rings is 1. The molecular formula is C10H10ClF3O. The highest BCUT2D eigenvalue weighted by Gasteiger charge is 2.30. The third-order valence-electron chi connectivity index (χ3n) is 1.98. The zero-order valence-electron chi connectivity index (χ0n) is 7.81. The van der Waals surface area contributed by atoms with Crippen LogP contribution in [0.15, 0.2) is 18.2 Å². The van der Waals surface area contributed by atoms with Gasteiger partial charge in [-0.15, -0.1) is 0 Å². The number of aryl methyl sites for hydroxylation is 1. The Labute approximate surface area is 90.5 Å². The number of hydrogen-bond acceptors (Lipinski definition) is 1. The molecule has 15 heavy (non-hydrogen) atoms. The molecule has 1 nitrogen and oxygen atoms in total. The Morgan fingerprint density at radius 2 is 1.93 bits per heavy atom. The Morgan fingerprint density at radius 1 is 1.27 bits per heavy atom. The zero-order chi connectivity index (χ0) is 11.5. The van der Waals surface area contributed by atoms with Gasteiger partial charge in [0.2, 0.25) is 0 Å². The van der Waals surface area contributed by atoms with Gasteiger partial charge in [0.1, 0.15) is 0 Å². The molecule has 0 aromatic heterocycles. The molecule has 0 unspecified atom stereocenters. The molecule has 0 saturated heterocycles. The summed E-state index contributed by atoms with van der Waals surface area (Å²) < 4.78 is 36.8. The molecular weight excluding hydrogens is 229 g/mol. The third-order valence-corrected chi connectivity index (χ3v) is 2.34. The second kappa shape index (κ2) is 4.86. The molecule has 1 aromatic carbocycles. The van der Waals surface area contributed by atoms with Crippen molar-refractivity contribution in [2.45, 2.75) is 19.0 Å². The van der Waals surface area contributed by atoms with Crippen LogP contribution in [0, 0.1) is 0 Å². The second-order valence-corrected chi connectivity index (χ2v) is 3.54. The van der Waals surface area contributed by atoms with E-state index in [1.54, 1.807) is 0 Å². The van der Waals surface area contributed by atoms with Gasteiger partial charge in [-0.25, -0.2) is 0 Å². The van der Waals surface area contributed by atoms with Gasteiger partial charge >= 0.3 is 6.18 Å². The van der Waals surface area contributed by atoms with Crippen molar-refractivity contribution in [3.05, 3.63) is 34.3 Å². The van der Waals surface area contributed by atoms with Gasteiger partial charge < -0.3 is 5.11 Å². The molecule has 0 aliphatic heterocycles. The Kier molecular flexibility index (Phi) is 3.99. The number of aliphatic hydroxyl groups excluding tert-OH is 1. The van der Waals surface area contributed by atoms with Crippen molar-refractivity contribution in [1.82, 2.24) is 0 Å². The Morgan fingerprint density at radius 3 is 2.40 bits per heavy atom. The highest BCUT2D eigenvalue weighted by atomic mass is 35.5. The van der Waals surface area contributed by atoms with Crippen LogP contribution in [0.25, 0.3) is 0 Å². The first-order chi connectivity index (χ1) is 6.95. The van der Waals surface area contributed by atoms with Gasteiger partial charge in [-0.2, -0.15) is 13.2 Å². The number of hydrogen-bond donors (Lipinski definition) is 1. The van der Waals surface area contributed by atoms with Crippen LogP contribution in [-0.2, 0) is 12.6 Å². The summed E-state index contributed by atoms with van der Waals surface area (Å²) in [6.45, 7) is -0.00263. The third kappa shape index (κ3) is 3.39. The van der Waals surface area contributed by atoms with Crippen LogP contribution in [0.3, 0.4) is 0 Å². The van der Waals surface area contributed by atoms with Gasteiger partial charge in [-0.05, 0) is 30.5 Å². The van der Waals surface area contributed by atoms with Crippen LogP contribution >= 0.6 is 11.6 Å². The van der Waals surface area contributed by atoms with E-state index in [1.165, 1.54) is 6.07 Å². The summed E-state index contributed by atoms with van der Waals surface area (Å²) in [5.74, 6) is 0. The molecule has 0 radical (unpaired) electrons. The van der Waals surface area contributed by atoms with Gasteiger partial charge in [0.15, 0.2) is 0 Å². The lowest BCUT2D eigenvalue weighted by Crippen LogP contribution is -2.05. The second-order valence-electron chi connectivity index (χ2n) is 3.13. The van der Waals surface area contributed by atoms with Gasteiger partial charge in [-0.3, -0.25) is 0 Å². The topological polar surface area (TPSA) is 20.2 Å². The van der Waals surface area contributed by atoms with Crippen molar-refractivity contribution in [2.75, 3.05) is 6.61 Å². The number of rotatable bonds is 3. The minimum Gasteiger partial charge on any atom is -0.396 e. The summed E-state index contributed by atoms with van der Waals surface area (Å²) in [6.07, 6.45) is -3.39. The van der Waals surface area contributed by atoms with Crippen molar-refractivity contribution in [3.8, 4) is 0 Å². The Bertz CT molecular complexity index is 336. The SMILES string of the molecule is OCCCc1ccc(C(F)(F)F)cc1Cl. The largest absolute Gasteiger partial charge is 0.416 e. The molecule has 1 aromatic rings. The monoisotopic (exact) mass is 238 g/mol. The fourth-order valence-electron chi connectivity index (χ4n) is 1.20. The van der Waals surface area contributed by atoms with Crippen molar-refractivity contribution in [3.63, 3.8) is 0 Å². The molecule has 0 amide bonds. The summed E-state index contributed by atoms with van der Waals surface area (Å²) in [7, 11) is 0. The van der Waals surface area contributed by atoms with Crippen LogP contribution in [0.1, 0.15) is 17.5 Å². The fourth-order valence-corrected chi connectivity index (χ4v) is 1.47. The average molecular weight is 239 g/mol. The van der Waals surface area contributed by atoms with Crippen molar-refractivity contribution >= 4 is 11.6 Å². The first-order valence-corrected chi connectivity index (χ1v) is 4.79. The van der Waals surface area contributed by atoms with Crippen LogP contribution in [0.2, 0.25) is 5.02 Å². The molecule has 0 atom stereocenters. The van der Waals surface area contributed by atoms with E-state index in [1.807, 2.05) is 0 Å². The molecule has 0 aliphatic rings. The van der Waals surface area contributed by atoms with Crippen molar-refractivity contribution in [2.24, 2.45) is 0 Å². The summed E-state index contributed by atoms with van der Waals surface area (Å²) in [5.41, 5.74) is -0.126. The van der Waals surface area contributed by atoms with Crippen LogP contribution in [0.4, 0.5) is 13.2 Å². The van der Waals surface area contributed by atoms with E-state index < -0.39 is 11.7 Å².